The number of halogens is 1. The van der Waals surface area contributed by atoms with Crippen LogP contribution in [0.1, 0.15) is 20.8 Å². The van der Waals surface area contributed by atoms with Crippen molar-refractivity contribution in [2.45, 2.75) is 30.4 Å². The van der Waals surface area contributed by atoms with Crippen LogP contribution in [-0.4, -0.2) is 22.3 Å². The molecule has 0 saturated heterocycles. The normalized spacial score (nSPS) is 11.2. The number of hydrogen-bond acceptors (Lipinski definition) is 4. The van der Waals surface area contributed by atoms with Gasteiger partial charge >= 0.3 is 5.97 Å². The van der Waals surface area contributed by atoms with Crippen LogP contribution in [0, 0.1) is 0 Å². The number of aromatic nitrogens is 1. The zero-order chi connectivity index (χ0) is 12.2. The maximum atomic E-state index is 11.7. The van der Waals surface area contributed by atoms with Gasteiger partial charge in [0.1, 0.15) is 4.75 Å². The van der Waals surface area contributed by atoms with E-state index < -0.39 is 4.75 Å². The summed E-state index contributed by atoms with van der Waals surface area (Å²) in [7, 11) is 0. The monoisotopic (exact) mass is 303 g/mol. The van der Waals surface area contributed by atoms with E-state index in [9.17, 15) is 4.79 Å². The summed E-state index contributed by atoms with van der Waals surface area (Å²) in [6, 6.07) is 1.87. The second-order valence-corrected chi connectivity index (χ2v) is 6.16. The highest BCUT2D eigenvalue weighted by atomic mass is 79.9. The van der Waals surface area contributed by atoms with Crippen LogP contribution in [0.4, 0.5) is 0 Å². The van der Waals surface area contributed by atoms with Gasteiger partial charge in [-0.05, 0) is 42.8 Å². The minimum Gasteiger partial charge on any atom is -0.465 e. The van der Waals surface area contributed by atoms with Crippen molar-refractivity contribution in [3.8, 4) is 0 Å². The van der Waals surface area contributed by atoms with E-state index in [0.29, 0.717) is 6.61 Å². The Kier molecular flexibility index (Phi) is 4.80. The Morgan fingerprint density at radius 3 is 2.88 bits per heavy atom. The number of esters is 1. The lowest BCUT2D eigenvalue weighted by atomic mass is 10.2. The highest BCUT2D eigenvalue weighted by Crippen LogP contribution is 2.37. The molecule has 0 atom stereocenters. The molecule has 0 bridgehead atoms. The summed E-state index contributed by atoms with van der Waals surface area (Å²) in [5.41, 5.74) is 0. The molecule has 0 aliphatic heterocycles. The van der Waals surface area contributed by atoms with Gasteiger partial charge in [-0.25, -0.2) is 0 Å². The van der Waals surface area contributed by atoms with Crippen LogP contribution in [-0.2, 0) is 9.53 Å². The van der Waals surface area contributed by atoms with Crippen LogP contribution in [0.15, 0.2) is 27.8 Å². The van der Waals surface area contributed by atoms with Crippen molar-refractivity contribution in [2.75, 3.05) is 6.61 Å². The maximum Gasteiger partial charge on any atom is 0.321 e. The summed E-state index contributed by atoms with van der Waals surface area (Å²) in [6.07, 6.45) is 3.41. The Morgan fingerprint density at radius 2 is 2.31 bits per heavy atom. The number of pyridine rings is 1. The van der Waals surface area contributed by atoms with Crippen molar-refractivity contribution in [3.05, 3.63) is 22.9 Å². The smallest absolute Gasteiger partial charge is 0.321 e. The summed E-state index contributed by atoms with van der Waals surface area (Å²) in [5, 5.41) is 0. The van der Waals surface area contributed by atoms with Gasteiger partial charge in [-0.1, -0.05) is 0 Å². The van der Waals surface area contributed by atoms with E-state index in [1.807, 2.05) is 19.9 Å². The molecule has 0 unspecified atom stereocenters. The molecule has 0 amide bonds. The highest BCUT2D eigenvalue weighted by Gasteiger charge is 2.31. The molecule has 0 aromatic carbocycles. The number of nitrogens with zero attached hydrogens (tertiary/aromatic N) is 1. The number of carbonyl (C=O) groups excluding carboxylic acids is 1. The van der Waals surface area contributed by atoms with Crippen LogP contribution in [0.5, 0.6) is 0 Å². The molecule has 0 N–H and O–H groups in total. The van der Waals surface area contributed by atoms with E-state index in [1.54, 1.807) is 19.3 Å². The third-order valence-corrected chi connectivity index (χ3v) is 4.01. The SMILES string of the molecule is CCOC(=O)C(C)(C)Sc1ccncc1Br. The van der Waals surface area contributed by atoms with E-state index in [2.05, 4.69) is 20.9 Å². The lowest BCUT2D eigenvalue weighted by molar-refractivity contribution is -0.145. The lowest BCUT2D eigenvalue weighted by Crippen LogP contribution is -2.29. The summed E-state index contributed by atoms with van der Waals surface area (Å²) in [6.45, 7) is 5.91. The second kappa shape index (κ2) is 5.68. The topological polar surface area (TPSA) is 39.2 Å². The third-order valence-electron chi connectivity index (χ3n) is 1.87. The highest BCUT2D eigenvalue weighted by molar-refractivity contribution is 9.10. The molecule has 1 heterocycles. The first kappa shape index (κ1) is 13.5. The van der Waals surface area contributed by atoms with Gasteiger partial charge in [0, 0.05) is 21.8 Å². The van der Waals surface area contributed by atoms with Crippen molar-refractivity contribution in [1.29, 1.82) is 0 Å². The van der Waals surface area contributed by atoms with Crippen LogP contribution in [0.3, 0.4) is 0 Å². The Bertz CT molecular complexity index is 382. The third kappa shape index (κ3) is 3.49. The quantitative estimate of drug-likeness (QED) is 0.632. The molecule has 88 valence electrons. The predicted octanol–water partition coefficient (Wildman–Crippen LogP) is 3.28. The number of thioether (sulfide) groups is 1. The zero-order valence-corrected chi connectivity index (χ0v) is 11.9. The number of rotatable bonds is 4. The average Bonchev–Trinajstić information content (AvgIpc) is 2.21. The predicted molar refractivity (Wildman–Crippen MR) is 68.5 cm³/mol. The van der Waals surface area contributed by atoms with Gasteiger partial charge in [-0.2, -0.15) is 0 Å². The molecule has 0 aliphatic rings. The maximum absolute atomic E-state index is 11.7. The van der Waals surface area contributed by atoms with Crippen LogP contribution in [0.25, 0.3) is 0 Å². The molecular weight excluding hydrogens is 290 g/mol. The first-order valence-corrected chi connectivity index (χ1v) is 6.54. The van der Waals surface area contributed by atoms with Crippen molar-refractivity contribution >= 4 is 33.7 Å². The Hall–Kier alpha value is -0.550. The average molecular weight is 304 g/mol. The van der Waals surface area contributed by atoms with E-state index in [4.69, 9.17) is 4.74 Å². The number of carbonyl (C=O) groups is 1. The van der Waals surface area contributed by atoms with E-state index in [0.717, 1.165) is 9.37 Å². The van der Waals surface area contributed by atoms with Gasteiger partial charge in [0.15, 0.2) is 0 Å². The number of ether oxygens (including phenoxy) is 1. The molecule has 1 aromatic rings. The molecule has 3 nitrogen and oxygen atoms in total. The minimum atomic E-state index is -0.597. The molecular formula is C11H14BrNO2S. The fourth-order valence-electron chi connectivity index (χ4n) is 1.07. The van der Waals surface area contributed by atoms with Gasteiger partial charge < -0.3 is 4.74 Å². The molecule has 5 heteroatoms. The van der Waals surface area contributed by atoms with Crippen molar-refractivity contribution in [1.82, 2.24) is 4.98 Å². The first-order chi connectivity index (χ1) is 7.47. The second-order valence-electron chi connectivity index (χ2n) is 3.64. The van der Waals surface area contributed by atoms with Gasteiger partial charge in [0.25, 0.3) is 0 Å². The van der Waals surface area contributed by atoms with Gasteiger partial charge in [-0.3, -0.25) is 9.78 Å². The fourth-order valence-corrected chi connectivity index (χ4v) is 2.53. The van der Waals surface area contributed by atoms with Crippen molar-refractivity contribution in [3.63, 3.8) is 0 Å². The van der Waals surface area contributed by atoms with Crippen molar-refractivity contribution in [2.24, 2.45) is 0 Å². The van der Waals surface area contributed by atoms with Gasteiger partial charge in [-0.15, -0.1) is 11.8 Å². The van der Waals surface area contributed by atoms with Crippen LogP contribution >= 0.6 is 27.7 Å². The summed E-state index contributed by atoms with van der Waals surface area (Å²) >= 11 is 4.86. The molecule has 0 saturated carbocycles. The summed E-state index contributed by atoms with van der Waals surface area (Å²) in [4.78, 5) is 16.7. The lowest BCUT2D eigenvalue weighted by Gasteiger charge is -2.21. The standard InChI is InChI=1S/C11H14BrNO2S/c1-4-15-10(14)11(2,3)16-9-5-6-13-7-8(9)12/h5-7H,4H2,1-3H3. The molecule has 0 fully saturated rings. The Morgan fingerprint density at radius 1 is 1.62 bits per heavy atom. The van der Waals surface area contributed by atoms with Gasteiger partial charge in [0.05, 0.1) is 6.61 Å². The van der Waals surface area contributed by atoms with E-state index in [-0.39, 0.29) is 5.97 Å². The minimum absolute atomic E-state index is 0.205. The molecule has 1 rings (SSSR count). The van der Waals surface area contributed by atoms with Crippen LogP contribution < -0.4 is 0 Å². The summed E-state index contributed by atoms with van der Waals surface area (Å²) < 4.78 is 5.32. The Balaban J connectivity index is 2.80. The van der Waals surface area contributed by atoms with E-state index >= 15 is 0 Å². The molecule has 0 radical (unpaired) electrons. The zero-order valence-electron chi connectivity index (χ0n) is 9.49. The van der Waals surface area contributed by atoms with E-state index in [1.165, 1.54) is 11.8 Å². The molecule has 1 aromatic heterocycles. The molecule has 0 spiro atoms. The first-order valence-electron chi connectivity index (χ1n) is 4.93. The van der Waals surface area contributed by atoms with Crippen LogP contribution in [0.2, 0.25) is 0 Å². The molecule has 0 aliphatic carbocycles. The van der Waals surface area contributed by atoms with Gasteiger partial charge in [0.2, 0.25) is 0 Å². The fraction of sp³-hybridized carbons (Fsp3) is 0.455. The van der Waals surface area contributed by atoms with Crippen molar-refractivity contribution < 1.29 is 9.53 Å². The Labute approximate surface area is 108 Å². The summed E-state index contributed by atoms with van der Waals surface area (Å²) in [5.74, 6) is -0.205. The molecule has 16 heavy (non-hydrogen) atoms. The largest absolute Gasteiger partial charge is 0.465 e. The number of hydrogen-bond donors (Lipinski definition) is 0.